The molecule has 104 valence electrons. The molecule has 0 bridgehead atoms. The molecular formula is C15H16FN3O. The van der Waals surface area contributed by atoms with Crippen LogP contribution in [0.5, 0.6) is 0 Å². The van der Waals surface area contributed by atoms with Crippen LogP contribution in [0.3, 0.4) is 0 Å². The minimum absolute atomic E-state index is 0.351. The van der Waals surface area contributed by atoms with Gasteiger partial charge in [-0.25, -0.2) is 9.18 Å². The van der Waals surface area contributed by atoms with E-state index >= 15 is 0 Å². The van der Waals surface area contributed by atoms with E-state index in [2.05, 4.69) is 5.32 Å². The number of nitrogen functional groups attached to an aromatic ring is 1. The number of amides is 2. The summed E-state index contributed by atoms with van der Waals surface area (Å²) in [7, 11) is 0. The molecule has 3 N–H and O–H groups in total. The maximum atomic E-state index is 13.1. The highest BCUT2D eigenvalue weighted by Gasteiger charge is 2.16. The number of anilines is 3. The van der Waals surface area contributed by atoms with E-state index in [0.29, 0.717) is 23.6 Å². The number of para-hydroxylation sites is 2. The highest BCUT2D eigenvalue weighted by Crippen LogP contribution is 2.23. The molecule has 0 aliphatic carbocycles. The van der Waals surface area contributed by atoms with E-state index in [-0.39, 0.29) is 6.03 Å². The molecule has 0 radical (unpaired) electrons. The topological polar surface area (TPSA) is 58.4 Å². The van der Waals surface area contributed by atoms with Crippen LogP contribution in [0.25, 0.3) is 0 Å². The number of rotatable bonds is 3. The fourth-order valence-electron chi connectivity index (χ4n) is 1.91. The number of nitrogens with two attached hydrogens (primary N) is 1. The van der Waals surface area contributed by atoms with Crippen molar-refractivity contribution in [1.82, 2.24) is 0 Å². The molecule has 0 spiro atoms. The van der Waals surface area contributed by atoms with Gasteiger partial charge in [-0.1, -0.05) is 18.2 Å². The van der Waals surface area contributed by atoms with Crippen molar-refractivity contribution in [2.45, 2.75) is 6.92 Å². The second-order valence-electron chi connectivity index (χ2n) is 4.24. The molecule has 4 nitrogen and oxygen atoms in total. The minimum Gasteiger partial charge on any atom is -0.397 e. The van der Waals surface area contributed by atoms with Crippen molar-refractivity contribution >= 4 is 23.1 Å². The zero-order valence-corrected chi connectivity index (χ0v) is 11.1. The van der Waals surface area contributed by atoms with E-state index in [1.54, 1.807) is 24.3 Å². The molecule has 2 rings (SSSR count). The third-order valence-electron chi connectivity index (χ3n) is 2.86. The first-order valence-electron chi connectivity index (χ1n) is 6.30. The molecule has 5 heteroatoms. The van der Waals surface area contributed by atoms with E-state index < -0.39 is 5.82 Å². The molecule has 2 aromatic carbocycles. The van der Waals surface area contributed by atoms with Crippen molar-refractivity contribution in [2.75, 3.05) is 22.5 Å². The molecule has 20 heavy (non-hydrogen) atoms. The molecule has 2 amide bonds. The molecule has 0 aromatic heterocycles. The lowest BCUT2D eigenvalue weighted by Crippen LogP contribution is -2.35. The van der Waals surface area contributed by atoms with E-state index in [1.807, 2.05) is 13.0 Å². The summed E-state index contributed by atoms with van der Waals surface area (Å²) >= 11 is 0. The average Bonchev–Trinajstić information content (AvgIpc) is 2.41. The van der Waals surface area contributed by atoms with Crippen molar-refractivity contribution in [2.24, 2.45) is 0 Å². The zero-order valence-electron chi connectivity index (χ0n) is 11.1. The van der Waals surface area contributed by atoms with E-state index in [0.717, 1.165) is 0 Å². The first-order valence-corrected chi connectivity index (χ1v) is 6.30. The molecule has 2 aromatic rings. The Kier molecular flexibility index (Phi) is 4.20. The SMILES string of the molecule is CCN(C(=O)Nc1cccc(F)c1)c1ccccc1N. The van der Waals surface area contributed by atoms with Crippen molar-refractivity contribution < 1.29 is 9.18 Å². The highest BCUT2D eigenvalue weighted by molar-refractivity contribution is 6.03. The summed E-state index contributed by atoms with van der Waals surface area (Å²) in [4.78, 5) is 13.7. The van der Waals surface area contributed by atoms with Gasteiger partial charge in [-0.2, -0.15) is 0 Å². The summed E-state index contributed by atoms with van der Waals surface area (Å²) in [5, 5.41) is 2.65. The Bertz CT molecular complexity index is 616. The summed E-state index contributed by atoms with van der Waals surface area (Å²) in [5.41, 5.74) is 7.42. The second kappa shape index (κ2) is 6.06. The predicted molar refractivity (Wildman–Crippen MR) is 79.3 cm³/mol. The number of nitrogens with one attached hydrogen (secondary N) is 1. The zero-order chi connectivity index (χ0) is 14.5. The van der Waals surface area contributed by atoms with E-state index in [4.69, 9.17) is 5.73 Å². The Hall–Kier alpha value is -2.56. The Labute approximate surface area is 117 Å². The Morgan fingerprint density at radius 2 is 2.00 bits per heavy atom. The molecule has 0 aliphatic rings. The molecule has 0 atom stereocenters. The Morgan fingerprint density at radius 3 is 2.65 bits per heavy atom. The molecule has 0 fully saturated rings. The van der Waals surface area contributed by atoms with Gasteiger partial charge >= 0.3 is 6.03 Å². The fourth-order valence-corrected chi connectivity index (χ4v) is 1.91. The van der Waals surface area contributed by atoms with Crippen molar-refractivity contribution in [1.29, 1.82) is 0 Å². The maximum absolute atomic E-state index is 13.1. The summed E-state index contributed by atoms with van der Waals surface area (Å²) in [5.74, 6) is -0.398. The van der Waals surface area contributed by atoms with Gasteiger partial charge in [0.25, 0.3) is 0 Å². The minimum atomic E-state index is -0.398. The van der Waals surface area contributed by atoms with E-state index in [9.17, 15) is 9.18 Å². The average molecular weight is 273 g/mol. The number of halogens is 1. The quantitative estimate of drug-likeness (QED) is 0.841. The van der Waals surface area contributed by atoms with Gasteiger partial charge in [-0.05, 0) is 37.3 Å². The van der Waals surface area contributed by atoms with Crippen LogP contribution in [0.2, 0.25) is 0 Å². The smallest absolute Gasteiger partial charge is 0.326 e. The van der Waals surface area contributed by atoms with Gasteiger partial charge in [0.05, 0.1) is 11.4 Å². The Morgan fingerprint density at radius 1 is 1.25 bits per heavy atom. The summed E-state index contributed by atoms with van der Waals surface area (Å²) in [6.45, 7) is 2.30. The number of nitrogens with zero attached hydrogens (tertiary/aromatic N) is 1. The lowest BCUT2D eigenvalue weighted by molar-refractivity contribution is 0.257. The predicted octanol–water partition coefficient (Wildman–Crippen LogP) is 3.47. The monoisotopic (exact) mass is 273 g/mol. The van der Waals surface area contributed by atoms with Crippen LogP contribution in [0.1, 0.15) is 6.92 Å². The standard InChI is InChI=1S/C15H16FN3O/c1-2-19(14-9-4-3-8-13(14)17)15(20)18-12-7-5-6-11(16)10-12/h3-10H,2,17H2,1H3,(H,18,20). The fraction of sp³-hybridized carbons (Fsp3) is 0.133. The maximum Gasteiger partial charge on any atom is 0.326 e. The van der Waals surface area contributed by atoms with Gasteiger partial charge in [-0.15, -0.1) is 0 Å². The van der Waals surface area contributed by atoms with Crippen LogP contribution >= 0.6 is 0 Å². The molecular weight excluding hydrogens is 257 g/mol. The van der Waals surface area contributed by atoms with Crippen LogP contribution in [-0.4, -0.2) is 12.6 Å². The van der Waals surface area contributed by atoms with Crippen molar-refractivity contribution in [3.8, 4) is 0 Å². The molecule has 0 heterocycles. The van der Waals surface area contributed by atoms with Crippen molar-refractivity contribution in [3.63, 3.8) is 0 Å². The second-order valence-corrected chi connectivity index (χ2v) is 4.24. The lowest BCUT2D eigenvalue weighted by atomic mass is 10.2. The van der Waals surface area contributed by atoms with Gasteiger partial charge in [0, 0.05) is 12.2 Å². The normalized spacial score (nSPS) is 10.1. The number of benzene rings is 2. The van der Waals surface area contributed by atoms with E-state index in [1.165, 1.54) is 23.1 Å². The third kappa shape index (κ3) is 3.06. The largest absolute Gasteiger partial charge is 0.397 e. The number of carbonyl (C=O) groups excluding carboxylic acids is 1. The van der Waals surface area contributed by atoms with Gasteiger partial charge in [0.2, 0.25) is 0 Å². The molecule has 0 unspecified atom stereocenters. The van der Waals surface area contributed by atoms with Crippen LogP contribution in [0, 0.1) is 5.82 Å². The number of hydrogen-bond donors (Lipinski definition) is 2. The van der Waals surface area contributed by atoms with Crippen LogP contribution in [0.4, 0.5) is 26.2 Å². The van der Waals surface area contributed by atoms with Gasteiger partial charge in [0.1, 0.15) is 5.82 Å². The summed E-state index contributed by atoms with van der Waals surface area (Å²) < 4.78 is 13.1. The van der Waals surface area contributed by atoms with Crippen LogP contribution < -0.4 is 16.0 Å². The molecule has 0 saturated heterocycles. The van der Waals surface area contributed by atoms with Gasteiger partial charge < -0.3 is 11.1 Å². The molecule has 0 saturated carbocycles. The molecule has 0 aliphatic heterocycles. The summed E-state index contributed by atoms with van der Waals surface area (Å²) in [6, 6.07) is 12.5. The van der Waals surface area contributed by atoms with Crippen LogP contribution in [-0.2, 0) is 0 Å². The number of urea groups is 1. The number of hydrogen-bond acceptors (Lipinski definition) is 2. The van der Waals surface area contributed by atoms with Gasteiger partial charge in [0.15, 0.2) is 0 Å². The Balaban J connectivity index is 2.20. The van der Waals surface area contributed by atoms with Gasteiger partial charge in [-0.3, -0.25) is 4.90 Å². The van der Waals surface area contributed by atoms with Crippen molar-refractivity contribution in [3.05, 3.63) is 54.3 Å². The third-order valence-corrected chi connectivity index (χ3v) is 2.86. The highest BCUT2D eigenvalue weighted by atomic mass is 19.1. The first-order chi connectivity index (χ1) is 9.61. The lowest BCUT2D eigenvalue weighted by Gasteiger charge is -2.23. The summed E-state index contributed by atoms with van der Waals surface area (Å²) in [6.07, 6.45) is 0. The first kappa shape index (κ1) is 13.9. The number of carbonyl (C=O) groups is 1. The van der Waals surface area contributed by atoms with Crippen LogP contribution in [0.15, 0.2) is 48.5 Å².